The summed E-state index contributed by atoms with van der Waals surface area (Å²) in [5, 5.41) is 15.2. The van der Waals surface area contributed by atoms with E-state index >= 15 is 0 Å². The molecule has 0 aliphatic carbocycles. The smallest absolute Gasteiger partial charge is 0.345 e. The molecule has 4 N–H and O–H groups in total. The summed E-state index contributed by atoms with van der Waals surface area (Å²) in [7, 11) is -4.06. The van der Waals surface area contributed by atoms with Gasteiger partial charge in [-0.2, -0.15) is 5.26 Å². The second kappa shape index (κ2) is 9.71. The van der Waals surface area contributed by atoms with Crippen LogP contribution in [0.2, 0.25) is 0 Å². The van der Waals surface area contributed by atoms with E-state index in [2.05, 4.69) is 26.2 Å². The van der Waals surface area contributed by atoms with Gasteiger partial charge in [-0.25, -0.2) is 27.7 Å². The molecule has 4 rings (SSSR count). The Morgan fingerprint density at radius 2 is 1.94 bits per heavy atom. The first-order valence-electron chi connectivity index (χ1n) is 9.65. The van der Waals surface area contributed by atoms with Crippen molar-refractivity contribution in [1.82, 2.24) is 9.71 Å². The summed E-state index contributed by atoms with van der Waals surface area (Å²) >= 11 is 4.57. The van der Waals surface area contributed by atoms with E-state index < -0.39 is 21.7 Å². The molecule has 2 amide bonds. The molecule has 0 fully saturated rings. The van der Waals surface area contributed by atoms with Gasteiger partial charge in [0.15, 0.2) is 0 Å². The third-order valence-corrected chi connectivity index (χ3v) is 7.34. The first kappa shape index (κ1) is 24.1. The lowest BCUT2D eigenvalue weighted by Gasteiger charge is -2.06. The van der Waals surface area contributed by atoms with Crippen molar-refractivity contribution in [2.45, 2.75) is 4.90 Å². The number of fused-ring (bicyclic) bond motifs is 1. The SMILES string of the molecule is N#C/C(=C\Nc1ccc(S(=O)(=O)NC(N)=O)cc1)c1nc(-c2cc3cc(Br)ccc3oc2=O)cs1. The van der Waals surface area contributed by atoms with Gasteiger partial charge in [0.05, 0.1) is 16.2 Å². The second-order valence-electron chi connectivity index (χ2n) is 6.98. The fourth-order valence-electron chi connectivity index (χ4n) is 3.01. The Kier molecular flexibility index (Phi) is 6.70. The molecule has 0 bridgehead atoms. The minimum atomic E-state index is -4.06. The molecule has 0 aliphatic heterocycles. The number of rotatable bonds is 6. The van der Waals surface area contributed by atoms with E-state index in [4.69, 9.17) is 10.2 Å². The number of sulfonamides is 1. The second-order valence-corrected chi connectivity index (χ2v) is 10.4. The van der Waals surface area contributed by atoms with Gasteiger partial charge in [-0.15, -0.1) is 11.3 Å². The monoisotopic (exact) mass is 571 g/mol. The van der Waals surface area contributed by atoms with Crippen LogP contribution in [0.25, 0.3) is 27.8 Å². The van der Waals surface area contributed by atoms with Crippen molar-refractivity contribution >= 4 is 65.6 Å². The minimum Gasteiger partial charge on any atom is -0.422 e. The molecule has 2 aromatic carbocycles. The summed E-state index contributed by atoms with van der Waals surface area (Å²) in [6, 6.07) is 13.3. The number of carbonyl (C=O) groups is 1. The molecule has 4 aromatic rings. The van der Waals surface area contributed by atoms with Crippen molar-refractivity contribution in [2.24, 2.45) is 5.73 Å². The Morgan fingerprint density at radius 3 is 2.63 bits per heavy atom. The van der Waals surface area contributed by atoms with E-state index in [1.165, 1.54) is 41.8 Å². The van der Waals surface area contributed by atoms with Crippen LogP contribution in [-0.4, -0.2) is 19.4 Å². The number of carbonyl (C=O) groups excluding carboxylic acids is 1. The van der Waals surface area contributed by atoms with Gasteiger partial charge >= 0.3 is 11.7 Å². The van der Waals surface area contributed by atoms with E-state index in [1.54, 1.807) is 28.3 Å². The number of hydrogen-bond donors (Lipinski definition) is 3. The third-order valence-electron chi connectivity index (χ3n) is 4.61. The van der Waals surface area contributed by atoms with E-state index in [-0.39, 0.29) is 16.0 Å². The molecule has 10 nitrogen and oxygen atoms in total. The molecule has 0 atom stereocenters. The number of hydrogen-bond acceptors (Lipinski definition) is 9. The molecule has 35 heavy (non-hydrogen) atoms. The van der Waals surface area contributed by atoms with Gasteiger partial charge in [-0.05, 0) is 48.5 Å². The minimum absolute atomic E-state index is 0.155. The maximum Gasteiger partial charge on any atom is 0.345 e. The van der Waals surface area contributed by atoms with Crippen LogP contribution in [0, 0.1) is 11.3 Å². The van der Waals surface area contributed by atoms with Crippen molar-refractivity contribution in [3.05, 3.63) is 80.0 Å². The van der Waals surface area contributed by atoms with Crippen molar-refractivity contribution < 1.29 is 17.6 Å². The molecule has 2 aromatic heterocycles. The Morgan fingerprint density at radius 1 is 1.20 bits per heavy atom. The summed E-state index contributed by atoms with van der Waals surface area (Å²) in [6.45, 7) is 0. The molecule has 176 valence electrons. The molecule has 0 spiro atoms. The summed E-state index contributed by atoms with van der Waals surface area (Å²) in [5.41, 5.74) is 6.09. The molecule has 0 saturated heterocycles. The Bertz CT molecular complexity index is 1690. The lowest BCUT2D eigenvalue weighted by atomic mass is 10.1. The average Bonchev–Trinajstić information content (AvgIpc) is 3.28. The number of benzene rings is 2. The van der Waals surface area contributed by atoms with Gasteiger partial charge < -0.3 is 15.5 Å². The van der Waals surface area contributed by atoms with Gasteiger partial charge in [0.2, 0.25) is 0 Å². The third kappa shape index (κ3) is 5.40. The topological polar surface area (TPSA) is 168 Å². The predicted octanol–water partition coefficient (Wildman–Crippen LogP) is 4.01. The molecule has 0 radical (unpaired) electrons. The van der Waals surface area contributed by atoms with E-state index in [1.807, 2.05) is 12.1 Å². The van der Waals surface area contributed by atoms with Crippen LogP contribution in [0.4, 0.5) is 10.5 Å². The fraction of sp³-hybridized carbons (Fsp3) is 0. The number of nitrogens with two attached hydrogens (primary N) is 1. The predicted molar refractivity (Wildman–Crippen MR) is 135 cm³/mol. The number of primary amides is 1. The highest BCUT2D eigenvalue weighted by molar-refractivity contribution is 9.10. The lowest BCUT2D eigenvalue weighted by molar-refractivity contribution is 0.253. The molecule has 0 saturated carbocycles. The quantitative estimate of drug-likeness (QED) is 0.230. The van der Waals surface area contributed by atoms with Crippen LogP contribution in [0.5, 0.6) is 0 Å². The zero-order valence-corrected chi connectivity index (χ0v) is 20.7. The highest BCUT2D eigenvalue weighted by Gasteiger charge is 2.16. The zero-order valence-electron chi connectivity index (χ0n) is 17.5. The van der Waals surface area contributed by atoms with E-state index in [0.29, 0.717) is 22.0 Å². The number of anilines is 1. The summed E-state index contributed by atoms with van der Waals surface area (Å²) in [4.78, 5) is 27.5. The Hall–Kier alpha value is -3.99. The average molecular weight is 572 g/mol. The highest BCUT2D eigenvalue weighted by Crippen LogP contribution is 2.27. The first-order chi connectivity index (χ1) is 16.7. The van der Waals surface area contributed by atoms with Crippen LogP contribution in [0.1, 0.15) is 5.01 Å². The number of allylic oxidation sites excluding steroid dienone is 1. The van der Waals surface area contributed by atoms with E-state index in [9.17, 15) is 23.3 Å². The first-order valence-corrected chi connectivity index (χ1v) is 12.8. The largest absolute Gasteiger partial charge is 0.422 e. The normalized spacial score (nSPS) is 11.7. The van der Waals surface area contributed by atoms with Gasteiger partial charge in [0.1, 0.15) is 22.2 Å². The lowest BCUT2D eigenvalue weighted by Crippen LogP contribution is -2.34. The molecule has 0 unspecified atom stereocenters. The number of nitrogens with one attached hydrogen (secondary N) is 2. The molecule has 0 aliphatic rings. The van der Waals surface area contributed by atoms with Crippen LogP contribution >= 0.6 is 27.3 Å². The molecule has 2 heterocycles. The van der Waals surface area contributed by atoms with Crippen LogP contribution < -0.4 is 21.4 Å². The fourth-order valence-corrected chi connectivity index (χ4v) is 5.05. The highest BCUT2D eigenvalue weighted by atomic mass is 79.9. The maximum absolute atomic E-state index is 12.5. The van der Waals surface area contributed by atoms with Crippen molar-refractivity contribution in [1.29, 1.82) is 5.26 Å². The standard InChI is InChI=1S/C22H14BrN5O5S2/c23-14-1-6-19-12(7-14)8-17(21(29)33-19)18-11-34-20(27-18)13(9-24)10-26-15-2-4-16(5-3-15)35(31,32)28-22(25)30/h1-8,10-11,26H,(H3,25,28,30)/b13-10+. The van der Waals surface area contributed by atoms with Crippen molar-refractivity contribution in [2.75, 3.05) is 5.32 Å². The Labute approximate surface area is 210 Å². The number of nitriles is 1. The molecule has 13 heteroatoms. The zero-order chi connectivity index (χ0) is 25.2. The van der Waals surface area contributed by atoms with Gasteiger partial charge in [0.25, 0.3) is 10.0 Å². The number of nitrogens with zero attached hydrogens (tertiary/aromatic N) is 2. The van der Waals surface area contributed by atoms with Gasteiger partial charge in [-0.1, -0.05) is 15.9 Å². The van der Waals surface area contributed by atoms with E-state index in [0.717, 1.165) is 9.86 Å². The van der Waals surface area contributed by atoms with Gasteiger partial charge in [-0.3, -0.25) is 0 Å². The van der Waals surface area contributed by atoms with Crippen molar-refractivity contribution in [3.63, 3.8) is 0 Å². The maximum atomic E-state index is 12.5. The number of thiazole rings is 1. The number of urea groups is 1. The van der Waals surface area contributed by atoms with Crippen LogP contribution in [-0.2, 0) is 10.0 Å². The van der Waals surface area contributed by atoms with Crippen molar-refractivity contribution in [3.8, 4) is 17.3 Å². The van der Waals surface area contributed by atoms with Crippen LogP contribution in [0.3, 0.4) is 0 Å². The van der Waals surface area contributed by atoms with Gasteiger partial charge in [0, 0.05) is 27.1 Å². The Balaban J connectivity index is 1.57. The summed E-state index contributed by atoms with van der Waals surface area (Å²) in [6.07, 6.45) is 1.41. The number of aromatic nitrogens is 1. The number of halogens is 1. The summed E-state index contributed by atoms with van der Waals surface area (Å²) in [5.74, 6) is 0. The number of amides is 2. The summed E-state index contributed by atoms with van der Waals surface area (Å²) < 4.78 is 31.8. The van der Waals surface area contributed by atoms with Crippen LogP contribution in [0.15, 0.2) is 78.7 Å². The molecular weight excluding hydrogens is 558 g/mol. The molecular formula is C22H14BrN5O5S2.